The van der Waals surface area contributed by atoms with Crippen LogP contribution in [0.1, 0.15) is 40.9 Å². The van der Waals surface area contributed by atoms with Crippen molar-refractivity contribution in [2.24, 2.45) is 5.92 Å². The third-order valence-electron chi connectivity index (χ3n) is 4.35. The van der Waals surface area contributed by atoms with Crippen molar-refractivity contribution in [3.05, 3.63) is 56.9 Å². The van der Waals surface area contributed by atoms with E-state index in [1.54, 1.807) is 21.0 Å². The van der Waals surface area contributed by atoms with Gasteiger partial charge in [0.05, 0.1) is 12.7 Å². The summed E-state index contributed by atoms with van der Waals surface area (Å²) in [6.45, 7) is 5.09. The molecular formula is C20H22N2O4. The number of Topliss-reactive ketones (excluding diaryl/α,β-unsaturated/α-hetero) is 1. The van der Waals surface area contributed by atoms with Crippen molar-refractivity contribution < 1.29 is 14.6 Å². The van der Waals surface area contributed by atoms with Crippen LogP contribution in [0.15, 0.2) is 29.1 Å². The van der Waals surface area contributed by atoms with Crippen LogP contribution in [-0.4, -0.2) is 22.6 Å². The minimum Gasteiger partial charge on any atom is -0.497 e. The second-order valence-electron chi connectivity index (χ2n) is 6.38. The average Bonchev–Trinajstić information content (AvgIpc) is 2.62. The molecule has 0 fully saturated rings. The van der Waals surface area contributed by atoms with Crippen molar-refractivity contribution >= 4 is 5.78 Å². The van der Waals surface area contributed by atoms with Gasteiger partial charge in [-0.3, -0.25) is 14.2 Å². The first-order valence-electron chi connectivity index (χ1n) is 8.35. The molecule has 0 unspecified atom stereocenters. The molecule has 0 aliphatic rings. The molecule has 1 aromatic heterocycles. The number of aromatic hydroxyl groups is 1. The van der Waals surface area contributed by atoms with E-state index in [1.165, 1.54) is 6.92 Å². The number of ketones is 1. The summed E-state index contributed by atoms with van der Waals surface area (Å²) in [4.78, 5) is 25.0. The van der Waals surface area contributed by atoms with Gasteiger partial charge in [0, 0.05) is 12.5 Å². The van der Waals surface area contributed by atoms with Gasteiger partial charge in [0.25, 0.3) is 5.56 Å². The van der Waals surface area contributed by atoms with E-state index in [0.29, 0.717) is 6.42 Å². The van der Waals surface area contributed by atoms with Crippen LogP contribution < -0.4 is 10.3 Å². The number of hydrogen-bond donors (Lipinski definition) is 1. The largest absolute Gasteiger partial charge is 0.497 e. The molecule has 2 rings (SSSR count). The van der Waals surface area contributed by atoms with Crippen LogP contribution in [0, 0.1) is 24.2 Å². The summed E-state index contributed by atoms with van der Waals surface area (Å²) in [5, 5.41) is 19.9. The van der Waals surface area contributed by atoms with E-state index in [0.717, 1.165) is 15.9 Å². The van der Waals surface area contributed by atoms with E-state index in [9.17, 15) is 20.0 Å². The van der Waals surface area contributed by atoms with E-state index < -0.39 is 5.56 Å². The molecule has 0 radical (unpaired) electrons. The molecule has 0 saturated carbocycles. The number of aromatic nitrogens is 1. The number of benzene rings is 1. The first-order chi connectivity index (χ1) is 12.3. The smallest absolute Gasteiger partial charge is 0.271 e. The Morgan fingerprint density at radius 3 is 2.42 bits per heavy atom. The summed E-state index contributed by atoms with van der Waals surface area (Å²) in [7, 11) is 1.58. The number of carbonyl (C=O) groups is 1. The van der Waals surface area contributed by atoms with Crippen molar-refractivity contribution in [3.63, 3.8) is 0 Å². The summed E-state index contributed by atoms with van der Waals surface area (Å²) in [5.74, 6) is -0.312. The Morgan fingerprint density at radius 2 is 1.92 bits per heavy atom. The molecule has 2 aromatic rings. The number of pyridine rings is 1. The molecule has 0 atom stereocenters. The van der Waals surface area contributed by atoms with Crippen LogP contribution in [0.5, 0.6) is 11.6 Å². The molecule has 1 aromatic carbocycles. The third-order valence-corrected chi connectivity index (χ3v) is 4.35. The summed E-state index contributed by atoms with van der Waals surface area (Å²) < 4.78 is 6.21. The normalized spacial score (nSPS) is 10.6. The Hall–Kier alpha value is -3.07. The number of aryl methyl sites for hydroxylation is 1. The Kier molecular flexibility index (Phi) is 5.83. The third kappa shape index (κ3) is 3.62. The lowest BCUT2D eigenvalue weighted by Gasteiger charge is -2.16. The molecular weight excluding hydrogens is 332 g/mol. The van der Waals surface area contributed by atoms with Gasteiger partial charge in [-0.05, 0) is 36.6 Å². The zero-order valence-electron chi connectivity index (χ0n) is 15.4. The van der Waals surface area contributed by atoms with Gasteiger partial charge in [0.1, 0.15) is 17.4 Å². The van der Waals surface area contributed by atoms with Crippen LogP contribution in [-0.2, 0) is 13.0 Å². The molecule has 1 N–H and O–H groups in total. The number of methoxy groups -OCH3 is 1. The number of hydrogen-bond acceptors (Lipinski definition) is 5. The first kappa shape index (κ1) is 19.3. The van der Waals surface area contributed by atoms with E-state index in [1.807, 2.05) is 30.3 Å². The highest BCUT2D eigenvalue weighted by atomic mass is 16.5. The van der Waals surface area contributed by atoms with Crippen LogP contribution in [0.2, 0.25) is 0 Å². The number of ether oxygens (including phenoxy) is 1. The van der Waals surface area contributed by atoms with Gasteiger partial charge in [-0.15, -0.1) is 0 Å². The highest BCUT2D eigenvalue weighted by Crippen LogP contribution is 2.25. The fraction of sp³-hybridized carbons (Fsp3) is 0.350. The lowest BCUT2D eigenvalue weighted by molar-refractivity contribution is 0.0934. The minimum atomic E-state index is -0.587. The molecule has 6 nitrogen and oxygen atoms in total. The SMILES string of the molecule is COc1ccc(CCn2c(O)c(C(=O)C(C)C)c(C)c(C#N)c2=O)cc1. The quantitative estimate of drug-likeness (QED) is 0.805. The maximum Gasteiger partial charge on any atom is 0.271 e. The lowest BCUT2D eigenvalue weighted by Crippen LogP contribution is -2.28. The zero-order chi connectivity index (χ0) is 19.4. The summed E-state index contributed by atoms with van der Waals surface area (Å²) in [5.41, 5.74) is 0.519. The van der Waals surface area contributed by atoms with Crippen molar-refractivity contribution in [1.82, 2.24) is 4.57 Å². The number of rotatable bonds is 6. The first-order valence-corrected chi connectivity index (χ1v) is 8.35. The summed E-state index contributed by atoms with van der Waals surface area (Å²) in [6, 6.07) is 9.20. The van der Waals surface area contributed by atoms with Crippen LogP contribution in [0.3, 0.4) is 0 Å². The maximum absolute atomic E-state index is 12.6. The fourth-order valence-electron chi connectivity index (χ4n) is 2.78. The van der Waals surface area contributed by atoms with Crippen LogP contribution in [0.4, 0.5) is 0 Å². The fourth-order valence-corrected chi connectivity index (χ4v) is 2.78. The van der Waals surface area contributed by atoms with Gasteiger partial charge in [-0.1, -0.05) is 26.0 Å². The summed E-state index contributed by atoms with van der Waals surface area (Å²) >= 11 is 0. The van der Waals surface area contributed by atoms with E-state index in [4.69, 9.17) is 4.74 Å². The maximum atomic E-state index is 12.6. The van der Waals surface area contributed by atoms with E-state index >= 15 is 0 Å². The van der Waals surface area contributed by atoms with Crippen molar-refractivity contribution in [1.29, 1.82) is 5.26 Å². The highest BCUT2D eigenvalue weighted by Gasteiger charge is 2.25. The zero-order valence-corrected chi connectivity index (χ0v) is 15.4. The molecule has 0 saturated heterocycles. The molecule has 0 aliphatic carbocycles. The molecule has 6 heteroatoms. The van der Waals surface area contributed by atoms with Crippen molar-refractivity contribution in [3.8, 4) is 17.7 Å². The Morgan fingerprint density at radius 1 is 1.31 bits per heavy atom. The molecule has 0 spiro atoms. The number of carbonyl (C=O) groups excluding carboxylic acids is 1. The summed E-state index contributed by atoms with van der Waals surface area (Å²) in [6.07, 6.45) is 0.459. The average molecular weight is 354 g/mol. The number of nitrogens with zero attached hydrogens (tertiary/aromatic N) is 2. The van der Waals surface area contributed by atoms with Gasteiger partial charge < -0.3 is 9.84 Å². The molecule has 26 heavy (non-hydrogen) atoms. The molecule has 0 bridgehead atoms. The number of nitriles is 1. The second-order valence-corrected chi connectivity index (χ2v) is 6.38. The monoisotopic (exact) mass is 354 g/mol. The second kappa shape index (κ2) is 7.87. The van der Waals surface area contributed by atoms with Gasteiger partial charge in [0.2, 0.25) is 5.88 Å². The Labute approximate surface area is 152 Å². The predicted molar refractivity (Wildman–Crippen MR) is 97.7 cm³/mol. The Balaban J connectivity index is 2.47. The molecule has 0 amide bonds. The van der Waals surface area contributed by atoms with Gasteiger partial charge >= 0.3 is 0 Å². The van der Waals surface area contributed by atoms with E-state index in [2.05, 4.69) is 0 Å². The van der Waals surface area contributed by atoms with Crippen LogP contribution >= 0.6 is 0 Å². The highest BCUT2D eigenvalue weighted by molar-refractivity contribution is 6.01. The van der Waals surface area contributed by atoms with Gasteiger partial charge in [-0.2, -0.15) is 5.26 Å². The van der Waals surface area contributed by atoms with Crippen molar-refractivity contribution in [2.75, 3.05) is 7.11 Å². The van der Waals surface area contributed by atoms with Gasteiger partial charge in [0.15, 0.2) is 5.78 Å². The van der Waals surface area contributed by atoms with Crippen molar-refractivity contribution in [2.45, 2.75) is 33.7 Å². The molecule has 136 valence electrons. The molecule has 1 heterocycles. The Bertz CT molecular complexity index is 919. The molecule has 0 aliphatic heterocycles. The van der Waals surface area contributed by atoms with Crippen LogP contribution in [0.25, 0.3) is 0 Å². The van der Waals surface area contributed by atoms with E-state index in [-0.39, 0.29) is 40.8 Å². The minimum absolute atomic E-state index is 0.0471. The standard InChI is InChI=1S/C20H22N2O4/c1-12(2)18(23)17-13(3)16(11-21)19(24)22(20(17)25)10-9-14-5-7-15(26-4)8-6-14/h5-8,12,25H,9-10H2,1-4H3. The predicted octanol–water partition coefficient (Wildman–Crippen LogP) is 2.82. The topological polar surface area (TPSA) is 92.3 Å². The van der Waals surface area contributed by atoms with Gasteiger partial charge in [-0.25, -0.2) is 0 Å². The lowest BCUT2D eigenvalue weighted by atomic mass is 9.95.